The number of hydrogen-bond donors (Lipinski definition) is 2. The van der Waals surface area contributed by atoms with Gasteiger partial charge in [0.25, 0.3) is 0 Å². The fourth-order valence-corrected chi connectivity index (χ4v) is 2.59. The first-order chi connectivity index (χ1) is 14.0. The fourth-order valence-electron chi connectivity index (χ4n) is 2.37. The monoisotopic (exact) mass is 417 g/mol. The van der Waals surface area contributed by atoms with Crippen molar-refractivity contribution < 1.29 is 13.9 Å². The minimum absolute atomic E-state index is 0.0443. The molecule has 10 heteroatoms. The normalized spacial score (nSPS) is 10.9. The van der Waals surface area contributed by atoms with Gasteiger partial charge in [0.05, 0.1) is 18.3 Å². The number of methoxy groups -OCH3 is 1. The highest BCUT2D eigenvalue weighted by Gasteiger charge is 2.10. The van der Waals surface area contributed by atoms with Crippen molar-refractivity contribution in [2.45, 2.75) is 13.5 Å². The molecule has 2 aromatic carbocycles. The van der Waals surface area contributed by atoms with E-state index in [-0.39, 0.29) is 23.0 Å². The van der Waals surface area contributed by atoms with E-state index in [0.29, 0.717) is 22.8 Å². The molecule has 150 valence electrons. The maximum Gasteiger partial charge on any atom is 0.363 e. The van der Waals surface area contributed by atoms with Crippen molar-refractivity contribution in [1.82, 2.24) is 15.2 Å². The summed E-state index contributed by atoms with van der Waals surface area (Å²) in [6.07, 6.45) is 1.52. The van der Waals surface area contributed by atoms with Crippen molar-refractivity contribution in [2.24, 2.45) is 5.10 Å². The molecule has 0 bridgehead atoms. The van der Waals surface area contributed by atoms with Crippen LogP contribution < -0.4 is 20.6 Å². The van der Waals surface area contributed by atoms with Gasteiger partial charge in [-0.2, -0.15) is 15.2 Å². The van der Waals surface area contributed by atoms with Crippen molar-refractivity contribution in [3.8, 4) is 11.5 Å². The SMILES string of the molecule is COc1cc(/C=N/Nc2nc(=O)[nH]nc2C)ccc1OCc1c(F)cccc1Cl. The standard InChI is InChI=1S/C19H17ClFN5O3/c1-11-18(23-19(27)26-24-11)25-22-9-12-6-7-16(17(8-12)28-2)29-10-13-14(20)4-3-5-15(13)21/h3-9H,10H2,1-2H3,(H2,23,25,26,27)/b22-9+. The number of benzene rings is 2. The van der Waals surface area contributed by atoms with Crippen molar-refractivity contribution in [3.63, 3.8) is 0 Å². The van der Waals surface area contributed by atoms with Gasteiger partial charge in [0.15, 0.2) is 17.3 Å². The highest BCUT2D eigenvalue weighted by Crippen LogP contribution is 2.29. The minimum atomic E-state index is -0.577. The summed E-state index contributed by atoms with van der Waals surface area (Å²) in [4.78, 5) is 15.0. The number of H-pyrrole nitrogens is 1. The van der Waals surface area contributed by atoms with Crippen LogP contribution >= 0.6 is 11.6 Å². The molecular weight excluding hydrogens is 401 g/mol. The molecule has 8 nitrogen and oxygen atoms in total. The number of nitrogens with one attached hydrogen (secondary N) is 2. The molecule has 0 saturated heterocycles. The molecule has 0 aliphatic heterocycles. The lowest BCUT2D eigenvalue weighted by atomic mass is 10.2. The molecule has 0 amide bonds. The first-order valence-electron chi connectivity index (χ1n) is 8.44. The zero-order valence-electron chi connectivity index (χ0n) is 15.6. The largest absolute Gasteiger partial charge is 0.493 e. The lowest BCUT2D eigenvalue weighted by molar-refractivity contribution is 0.280. The Morgan fingerprint density at radius 1 is 1.31 bits per heavy atom. The number of ether oxygens (including phenoxy) is 2. The third kappa shape index (κ3) is 5.08. The summed E-state index contributed by atoms with van der Waals surface area (Å²) in [6, 6.07) is 9.55. The Balaban J connectivity index is 1.71. The average molecular weight is 418 g/mol. The van der Waals surface area contributed by atoms with Gasteiger partial charge in [-0.05, 0) is 42.8 Å². The van der Waals surface area contributed by atoms with Gasteiger partial charge in [0.2, 0.25) is 0 Å². The first kappa shape index (κ1) is 20.3. The summed E-state index contributed by atoms with van der Waals surface area (Å²) in [5.41, 5.74) is 3.54. The molecule has 0 unspecified atom stereocenters. The van der Waals surface area contributed by atoms with Gasteiger partial charge in [-0.1, -0.05) is 17.7 Å². The number of hydrogen-bond acceptors (Lipinski definition) is 7. The Morgan fingerprint density at radius 2 is 2.14 bits per heavy atom. The maximum absolute atomic E-state index is 13.9. The second-order valence-corrected chi connectivity index (χ2v) is 6.25. The van der Waals surface area contributed by atoms with E-state index in [1.807, 2.05) is 0 Å². The Labute approximate surface area is 170 Å². The third-order valence-electron chi connectivity index (χ3n) is 3.88. The van der Waals surface area contributed by atoms with E-state index in [4.69, 9.17) is 21.1 Å². The lowest BCUT2D eigenvalue weighted by Crippen LogP contribution is -2.15. The average Bonchev–Trinajstić information content (AvgIpc) is 2.70. The molecule has 3 aromatic rings. The molecule has 2 N–H and O–H groups in total. The molecule has 29 heavy (non-hydrogen) atoms. The number of anilines is 1. The maximum atomic E-state index is 13.9. The van der Waals surface area contributed by atoms with Crippen LogP contribution in [0, 0.1) is 12.7 Å². The van der Waals surface area contributed by atoms with Crippen LogP contribution in [0.5, 0.6) is 11.5 Å². The Morgan fingerprint density at radius 3 is 2.90 bits per heavy atom. The van der Waals surface area contributed by atoms with Crippen molar-refractivity contribution in [2.75, 3.05) is 12.5 Å². The van der Waals surface area contributed by atoms with Gasteiger partial charge in [-0.3, -0.25) is 5.43 Å². The third-order valence-corrected chi connectivity index (χ3v) is 4.23. The number of aromatic amines is 1. The van der Waals surface area contributed by atoms with E-state index in [0.717, 1.165) is 0 Å². The van der Waals surface area contributed by atoms with Crippen molar-refractivity contribution in [3.05, 3.63) is 74.5 Å². The first-order valence-corrected chi connectivity index (χ1v) is 8.82. The van der Waals surface area contributed by atoms with E-state index in [1.165, 1.54) is 25.5 Å². The van der Waals surface area contributed by atoms with E-state index in [9.17, 15) is 9.18 Å². The predicted octanol–water partition coefficient (Wildman–Crippen LogP) is 3.30. The molecule has 1 aromatic heterocycles. The van der Waals surface area contributed by atoms with Gasteiger partial charge in [0, 0.05) is 5.56 Å². The van der Waals surface area contributed by atoms with Crippen LogP contribution in [0.2, 0.25) is 5.02 Å². The molecule has 0 atom stereocenters. The van der Waals surface area contributed by atoms with Gasteiger partial charge in [-0.25, -0.2) is 14.3 Å². The number of aryl methyl sites for hydroxylation is 1. The summed E-state index contributed by atoms with van der Waals surface area (Å²) < 4.78 is 24.9. The van der Waals surface area contributed by atoms with E-state index in [1.54, 1.807) is 31.2 Å². The van der Waals surface area contributed by atoms with Gasteiger partial charge in [0.1, 0.15) is 18.1 Å². The molecule has 0 radical (unpaired) electrons. The second kappa shape index (κ2) is 9.16. The molecule has 0 fully saturated rings. The van der Waals surface area contributed by atoms with E-state index < -0.39 is 11.5 Å². The molecular formula is C19H17ClFN5O3. The van der Waals surface area contributed by atoms with Gasteiger partial charge < -0.3 is 9.47 Å². The summed E-state index contributed by atoms with van der Waals surface area (Å²) in [5.74, 6) is 0.671. The zero-order valence-corrected chi connectivity index (χ0v) is 16.3. The summed E-state index contributed by atoms with van der Waals surface area (Å²) in [7, 11) is 1.49. The van der Waals surface area contributed by atoms with Gasteiger partial charge >= 0.3 is 5.69 Å². The molecule has 3 rings (SSSR count). The molecule has 1 heterocycles. The van der Waals surface area contributed by atoms with Crippen LogP contribution in [0.15, 0.2) is 46.3 Å². The number of hydrazone groups is 1. The van der Waals surface area contributed by atoms with Crippen LogP contribution in [0.4, 0.5) is 10.2 Å². The van der Waals surface area contributed by atoms with E-state index >= 15 is 0 Å². The summed E-state index contributed by atoms with van der Waals surface area (Å²) >= 11 is 6.02. The fraction of sp³-hybridized carbons (Fsp3) is 0.158. The van der Waals surface area contributed by atoms with Gasteiger partial charge in [-0.15, -0.1) is 0 Å². The minimum Gasteiger partial charge on any atom is -0.493 e. The highest BCUT2D eigenvalue weighted by molar-refractivity contribution is 6.31. The predicted molar refractivity (Wildman–Crippen MR) is 107 cm³/mol. The van der Waals surface area contributed by atoms with Crippen LogP contribution in [0.1, 0.15) is 16.8 Å². The van der Waals surface area contributed by atoms with Crippen molar-refractivity contribution in [1.29, 1.82) is 0 Å². The number of rotatable bonds is 7. The Hall–Kier alpha value is -3.46. The molecule has 0 aliphatic carbocycles. The van der Waals surface area contributed by atoms with Crippen LogP contribution in [0.3, 0.4) is 0 Å². The quantitative estimate of drug-likeness (QED) is 0.452. The van der Waals surface area contributed by atoms with Crippen LogP contribution in [-0.4, -0.2) is 28.5 Å². The Kier molecular flexibility index (Phi) is 6.40. The second-order valence-electron chi connectivity index (χ2n) is 5.84. The highest BCUT2D eigenvalue weighted by atomic mass is 35.5. The van der Waals surface area contributed by atoms with Crippen molar-refractivity contribution >= 4 is 23.6 Å². The Bertz CT molecular complexity index is 1080. The smallest absolute Gasteiger partial charge is 0.363 e. The van der Waals surface area contributed by atoms with Crippen LogP contribution in [-0.2, 0) is 6.61 Å². The zero-order chi connectivity index (χ0) is 20.8. The lowest BCUT2D eigenvalue weighted by Gasteiger charge is -2.12. The number of nitrogens with zero attached hydrogens (tertiary/aromatic N) is 3. The van der Waals surface area contributed by atoms with Crippen LogP contribution in [0.25, 0.3) is 0 Å². The summed E-state index contributed by atoms with van der Waals surface area (Å²) in [6.45, 7) is 1.63. The number of halogens is 2. The van der Waals surface area contributed by atoms with E-state index in [2.05, 4.69) is 25.7 Å². The summed E-state index contributed by atoms with van der Waals surface area (Å²) in [5, 5.41) is 10.4. The number of aromatic nitrogens is 3. The molecule has 0 saturated carbocycles. The molecule has 0 aliphatic rings. The topological polar surface area (TPSA) is 101 Å². The molecule has 0 spiro atoms.